The maximum atomic E-state index is 11.1. The third-order valence-corrected chi connectivity index (χ3v) is 3.52. The van der Waals surface area contributed by atoms with Crippen molar-refractivity contribution in [2.24, 2.45) is 0 Å². The molecule has 76 valence electrons. The van der Waals surface area contributed by atoms with Crippen molar-refractivity contribution >= 4 is 17.3 Å². The molecule has 0 atom stereocenters. The lowest BCUT2D eigenvalue weighted by Crippen LogP contribution is -2.53. The van der Waals surface area contributed by atoms with Crippen LogP contribution in [0.15, 0.2) is 5.38 Å². The van der Waals surface area contributed by atoms with Gasteiger partial charge in [-0.05, 0) is 6.42 Å². The first-order valence-electron chi connectivity index (χ1n) is 4.45. The molecular weight excluding hydrogens is 202 g/mol. The van der Waals surface area contributed by atoms with Crippen LogP contribution in [-0.4, -0.2) is 29.3 Å². The number of rotatable bonds is 3. The topological polar surface area (TPSA) is 59.4 Å². The van der Waals surface area contributed by atoms with Gasteiger partial charge < -0.3 is 9.84 Å². The molecule has 1 aromatic rings. The molecule has 0 radical (unpaired) electrons. The summed E-state index contributed by atoms with van der Waals surface area (Å²) in [5, 5.41) is 11.7. The number of aliphatic carboxylic acids is 1. The third kappa shape index (κ3) is 1.24. The van der Waals surface area contributed by atoms with Crippen LogP contribution in [0, 0.1) is 0 Å². The molecule has 0 unspecified atom stereocenters. The van der Waals surface area contributed by atoms with Crippen molar-refractivity contribution in [2.75, 3.05) is 13.2 Å². The number of carboxylic acids is 1. The first kappa shape index (κ1) is 9.61. The standard InChI is InChI=1S/C9H11NO3S/c1-2-6-3-14-7(10-6)9(8(11)12)4-13-5-9/h3H,2,4-5H2,1H3,(H,11,12). The van der Waals surface area contributed by atoms with Gasteiger partial charge in [0.1, 0.15) is 5.01 Å². The van der Waals surface area contributed by atoms with Crippen molar-refractivity contribution in [3.63, 3.8) is 0 Å². The smallest absolute Gasteiger partial charge is 0.321 e. The van der Waals surface area contributed by atoms with Gasteiger partial charge in [-0.3, -0.25) is 4.79 Å². The predicted molar refractivity (Wildman–Crippen MR) is 51.6 cm³/mol. The Hall–Kier alpha value is -0.940. The summed E-state index contributed by atoms with van der Waals surface area (Å²) in [5.41, 5.74) is 0.0930. The van der Waals surface area contributed by atoms with E-state index in [-0.39, 0.29) is 13.2 Å². The Kier molecular flexibility index (Phi) is 2.28. The van der Waals surface area contributed by atoms with Gasteiger partial charge in [0.05, 0.1) is 18.9 Å². The van der Waals surface area contributed by atoms with Gasteiger partial charge in [-0.15, -0.1) is 11.3 Å². The average molecular weight is 213 g/mol. The normalized spacial score (nSPS) is 18.9. The summed E-state index contributed by atoms with van der Waals surface area (Å²) in [4.78, 5) is 15.4. The SMILES string of the molecule is CCc1csc(C2(C(=O)O)COC2)n1. The molecule has 1 aliphatic heterocycles. The highest BCUT2D eigenvalue weighted by Crippen LogP contribution is 2.34. The van der Waals surface area contributed by atoms with E-state index in [0.29, 0.717) is 5.01 Å². The van der Waals surface area contributed by atoms with Crippen LogP contribution in [0.3, 0.4) is 0 Å². The number of thiazole rings is 1. The molecule has 0 amide bonds. The predicted octanol–water partition coefficient (Wildman–Crippen LogP) is 1.06. The monoisotopic (exact) mass is 213 g/mol. The Morgan fingerprint density at radius 3 is 2.86 bits per heavy atom. The largest absolute Gasteiger partial charge is 0.480 e. The van der Waals surface area contributed by atoms with E-state index in [4.69, 9.17) is 9.84 Å². The fourth-order valence-electron chi connectivity index (χ4n) is 1.33. The summed E-state index contributed by atoms with van der Waals surface area (Å²) in [6.45, 7) is 2.50. The second-order valence-corrected chi connectivity index (χ2v) is 4.24. The van der Waals surface area contributed by atoms with Crippen LogP contribution in [0.1, 0.15) is 17.6 Å². The van der Waals surface area contributed by atoms with Crippen LogP contribution in [0.2, 0.25) is 0 Å². The zero-order valence-corrected chi connectivity index (χ0v) is 8.63. The Bertz CT molecular complexity index is 357. The number of carboxylic acid groups (broad SMARTS) is 1. The Balaban J connectivity index is 2.32. The van der Waals surface area contributed by atoms with Crippen molar-refractivity contribution in [1.82, 2.24) is 4.98 Å². The average Bonchev–Trinajstić information content (AvgIpc) is 2.50. The van der Waals surface area contributed by atoms with E-state index in [1.54, 1.807) is 0 Å². The molecule has 4 nitrogen and oxygen atoms in total. The molecule has 14 heavy (non-hydrogen) atoms. The number of hydrogen-bond donors (Lipinski definition) is 1. The first-order chi connectivity index (χ1) is 6.69. The van der Waals surface area contributed by atoms with E-state index >= 15 is 0 Å². The summed E-state index contributed by atoms with van der Waals surface area (Å²) in [7, 11) is 0. The van der Waals surface area contributed by atoms with E-state index in [9.17, 15) is 4.79 Å². The number of nitrogens with zero attached hydrogens (tertiary/aromatic N) is 1. The minimum atomic E-state index is -0.863. The fraction of sp³-hybridized carbons (Fsp3) is 0.556. The minimum Gasteiger partial charge on any atom is -0.480 e. The van der Waals surface area contributed by atoms with E-state index in [0.717, 1.165) is 12.1 Å². The first-order valence-corrected chi connectivity index (χ1v) is 5.33. The van der Waals surface area contributed by atoms with Crippen LogP contribution in [0.5, 0.6) is 0 Å². The number of hydrogen-bond acceptors (Lipinski definition) is 4. The highest BCUT2D eigenvalue weighted by Gasteiger charge is 2.50. The van der Waals surface area contributed by atoms with E-state index < -0.39 is 11.4 Å². The van der Waals surface area contributed by atoms with Crippen molar-refractivity contribution in [2.45, 2.75) is 18.8 Å². The Morgan fingerprint density at radius 1 is 1.79 bits per heavy atom. The number of aromatic nitrogens is 1. The molecule has 5 heteroatoms. The maximum Gasteiger partial charge on any atom is 0.321 e. The molecule has 1 aliphatic rings. The molecule has 2 heterocycles. The van der Waals surface area contributed by atoms with Gasteiger partial charge in [0.2, 0.25) is 0 Å². The highest BCUT2D eigenvalue weighted by molar-refractivity contribution is 7.10. The second-order valence-electron chi connectivity index (χ2n) is 3.38. The van der Waals surface area contributed by atoms with E-state index in [1.165, 1.54) is 11.3 Å². The zero-order chi connectivity index (χ0) is 10.2. The van der Waals surface area contributed by atoms with Crippen molar-refractivity contribution in [1.29, 1.82) is 0 Å². The van der Waals surface area contributed by atoms with Crippen LogP contribution in [-0.2, 0) is 21.4 Å². The molecule has 2 rings (SSSR count). The summed E-state index contributed by atoms with van der Waals surface area (Å²) in [6, 6.07) is 0. The summed E-state index contributed by atoms with van der Waals surface area (Å²) in [5.74, 6) is -0.833. The minimum absolute atomic E-state index is 0.249. The second kappa shape index (κ2) is 3.33. The van der Waals surface area contributed by atoms with Crippen LogP contribution in [0.25, 0.3) is 0 Å². The lowest BCUT2D eigenvalue weighted by atomic mass is 9.87. The molecule has 0 bridgehead atoms. The van der Waals surface area contributed by atoms with Crippen molar-refractivity contribution < 1.29 is 14.6 Å². The van der Waals surface area contributed by atoms with Gasteiger partial charge in [-0.1, -0.05) is 6.92 Å². The lowest BCUT2D eigenvalue weighted by Gasteiger charge is -2.35. The summed E-state index contributed by atoms with van der Waals surface area (Å²) >= 11 is 1.41. The number of ether oxygens (including phenoxy) is 1. The molecule has 1 aromatic heterocycles. The summed E-state index contributed by atoms with van der Waals surface area (Å²) in [6.07, 6.45) is 0.840. The summed E-state index contributed by atoms with van der Waals surface area (Å²) < 4.78 is 4.98. The van der Waals surface area contributed by atoms with E-state index in [2.05, 4.69) is 4.98 Å². The van der Waals surface area contributed by atoms with Crippen LogP contribution in [0.4, 0.5) is 0 Å². The van der Waals surface area contributed by atoms with Gasteiger partial charge in [-0.2, -0.15) is 0 Å². The maximum absolute atomic E-state index is 11.1. The van der Waals surface area contributed by atoms with Crippen molar-refractivity contribution in [3.05, 3.63) is 16.1 Å². The van der Waals surface area contributed by atoms with Gasteiger partial charge in [0, 0.05) is 5.38 Å². The number of aryl methyl sites for hydroxylation is 1. The van der Waals surface area contributed by atoms with Gasteiger partial charge in [0.15, 0.2) is 5.41 Å². The van der Waals surface area contributed by atoms with E-state index in [1.807, 2.05) is 12.3 Å². The fourth-order valence-corrected chi connectivity index (χ4v) is 2.40. The zero-order valence-electron chi connectivity index (χ0n) is 7.82. The number of carbonyl (C=O) groups is 1. The third-order valence-electron chi connectivity index (χ3n) is 2.43. The molecular formula is C9H11NO3S. The van der Waals surface area contributed by atoms with Gasteiger partial charge in [0.25, 0.3) is 0 Å². The highest BCUT2D eigenvalue weighted by atomic mass is 32.1. The molecule has 0 spiro atoms. The Labute approximate surface area is 85.5 Å². The van der Waals surface area contributed by atoms with Gasteiger partial charge in [-0.25, -0.2) is 4.98 Å². The van der Waals surface area contributed by atoms with Crippen LogP contribution >= 0.6 is 11.3 Å². The molecule has 1 N–H and O–H groups in total. The molecule has 0 saturated carbocycles. The van der Waals surface area contributed by atoms with Gasteiger partial charge >= 0.3 is 5.97 Å². The quantitative estimate of drug-likeness (QED) is 0.815. The lowest BCUT2D eigenvalue weighted by molar-refractivity contribution is -0.163. The molecule has 0 aliphatic carbocycles. The molecule has 1 fully saturated rings. The molecule has 1 saturated heterocycles. The Morgan fingerprint density at radius 2 is 2.50 bits per heavy atom. The van der Waals surface area contributed by atoms with Crippen molar-refractivity contribution in [3.8, 4) is 0 Å². The van der Waals surface area contributed by atoms with Crippen LogP contribution < -0.4 is 0 Å². The molecule has 0 aromatic carbocycles.